The van der Waals surface area contributed by atoms with Gasteiger partial charge < -0.3 is 20.1 Å². The predicted octanol–water partition coefficient (Wildman–Crippen LogP) is 2.05. The molecule has 2 amide bonds. The lowest BCUT2D eigenvalue weighted by Gasteiger charge is -2.14. The zero-order valence-electron chi connectivity index (χ0n) is 13.3. The lowest BCUT2D eigenvalue weighted by atomic mass is 9.97. The summed E-state index contributed by atoms with van der Waals surface area (Å²) < 4.78 is 11.5. The molecule has 2 N–H and O–H groups in total. The van der Waals surface area contributed by atoms with Crippen LogP contribution in [0.15, 0.2) is 6.07 Å². The van der Waals surface area contributed by atoms with Crippen LogP contribution in [0, 0.1) is 5.92 Å². The highest BCUT2D eigenvalue weighted by Crippen LogP contribution is 2.40. The van der Waals surface area contributed by atoms with Crippen LogP contribution in [0.25, 0.3) is 0 Å². The SMILES string of the molecule is CC(C)CNC(=O)NCCc1c2c(cc3c1OCC3)OCC2. The van der Waals surface area contributed by atoms with Crippen molar-refractivity contribution < 1.29 is 14.3 Å². The fourth-order valence-corrected chi connectivity index (χ4v) is 3.01. The summed E-state index contributed by atoms with van der Waals surface area (Å²) in [6.45, 7) is 6.94. The highest BCUT2D eigenvalue weighted by atomic mass is 16.5. The summed E-state index contributed by atoms with van der Waals surface area (Å²) in [4.78, 5) is 11.7. The number of amides is 2. The first kappa shape index (κ1) is 15.0. The smallest absolute Gasteiger partial charge is 0.314 e. The van der Waals surface area contributed by atoms with Crippen molar-refractivity contribution in [3.63, 3.8) is 0 Å². The average Bonchev–Trinajstić information content (AvgIpc) is 3.12. The molecule has 2 aliphatic heterocycles. The van der Waals surface area contributed by atoms with E-state index >= 15 is 0 Å². The summed E-state index contributed by atoms with van der Waals surface area (Å²) in [7, 11) is 0. The Balaban J connectivity index is 1.62. The van der Waals surface area contributed by atoms with Crippen LogP contribution in [-0.2, 0) is 19.3 Å². The van der Waals surface area contributed by atoms with Gasteiger partial charge in [-0.1, -0.05) is 13.8 Å². The maximum atomic E-state index is 11.7. The number of fused-ring (bicyclic) bond motifs is 2. The zero-order valence-corrected chi connectivity index (χ0v) is 13.3. The van der Waals surface area contributed by atoms with Crippen molar-refractivity contribution in [2.45, 2.75) is 33.1 Å². The van der Waals surface area contributed by atoms with Gasteiger partial charge >= 0.3 is 6.03 Å². The van der Waals surface area contributed by atoms with Gasteiger partial charge in [-0.15, -0.1) is 0 Å². The minimum atomic E-state index is -0.102. The molecule has 0 atom stereocenters. The first-order chi connectivity index (χ1) is 10.6. The van der Waals surface area contributed by atoms with E-state index in [0.717, 1.165) is 44.0 Å². The summed E-state index contributed by atoms with van der Waals surface area (Å²) in [6.07, 6.45) is 2.66. The summed E-state index contributed by atoms with van der Waals surface area (Å²) in [5.74, 6) is 2.48. The first-order valence-electron chi connectivity index (χ1n) is 8.10. The minimum Gasteiger partial charge on any atom is -0.493 e. The van der Waals surface area contributed by atoms with E-state index in [1.807, 2.05) is 0 Å². The molecule has 2 aliphatic rings. The van der Waals surface area contributed by atoms with E-state index in [2.05, 4.69) is 30.5 Å². The number of benzene rings is 1. The van der Waals surface area contributed by atoms with E-state index < -0.39 is 0 Å². The molecule has 2 heterocycles. The van der Waals surface area contributed by atoms with E-state index in [4.69, 9.17) is 9.47 Å². The topological polar surface area (TPSA) is 59.6 Å². The molecule has 0 fully saturated rings. The lowest BCUT2D eigenvalue weighted by molar-refractivity contribution is 0.239. The van der Waals surface area contributed by atoms with Crippen molar-refractivity contribution in [1.29, 1.82) is 0 Å². The maximum Gasteiger partial charge on any atom is 0.314 e. The predicted molar refractivity (Wildman–Crippen MR) is 84.8 cm³/mol. The Labute approximate surface area is 131 Å². The van der Waals surface area contributed by atoms with Gasteiger partial charge in [-0.2, -0.15) is 0 Å². The molecule has 0 unspecified atom stereocenters. The largest absolute Gasteiger partial charge is 0.493 e. The zero-order chi connectivity index (χ0) is 15.5. The van der Waals surface area contributed by atoms with E-state index in [9.17, 15) is 4.79 Å². The van der Waals surface area contributed by atoms with Crippen LogP contribution in [0.5, 0.6) is 11.5 Å². The van der Waals surface area contributed by atoms with Crippen molar-refractivity contribution in [2.24, 2.45) is 5.92 Å². The lowest BCUT2D eigenvalue weighted by Crippen LogP contribution is -2.38. The van der Waals surface area contributed by atoms with E-state index in [1.165, 1.54) is 16.7 Å². The van der Waals surface area contributed by atoms with Crippen LogP contribution in [0.2, 0.25) is 0 Å². The molecule has 5 heteroatoms. The molecule has 0 bridgehead atoms. The Kier molecular flexibility index (Phi) is 4.41. The Morgan fingerprint density at radius 3 is 2.86 bits per heavy atom. The van der Waals surface area contributed by atoms with Crippen LogP contribution < -0.4 is 20.1 Å². The summed E-state index contributed by atoms with van der Waals surface area (Å²) in [5, 5.41) is 5.79. The van der Waals surface area contributed by atoms with Gasteiger partial charge in [-0.25, -0.2) is 4.79 Å². The Hall–Kier alpha value is -1.91. The second kappa shape index (κ2) is 6.46. The van der Waals surface area contributed by atoms with Gasteiger partial charge in [-0.05, 0) is 18.4 Å². The van der Waals surface area contributed by atoms with Crippen LogP contribution >= 0.6 is 0 Å². The number of nitrogens with one attached hydrogen (secondary N) is 2. The summed E-state index contributed by atoms with van der Waals surface area (Å²) in [5.41, 5.74) is 3.71. The van der Waals surface area contributed by atoms with Gasteiger partial charge in [0.05, 0.1) is 13.2 Å². The van der Waals surface area contributed by atoms with Crippen molar-refractivity contribution in [2.75, 3.05) is 26.3 Å². The third-order valence-corrected chi connectivity index (χ3v) is 4.09. The number of ether oxygens (including phenoxy) is 2. The van der Waals surface area contributed by atoms with Crippen molar-refractivity contribution in [1.82, 2.24) is 10.6 Å². The molecule has 0 radical (unpaired) electrons. The third kappa shape index (κ3) is 3.13. The first-order valence-corrected chi connectivity index (χ1v) is 8.10. The second-order valence-electron chi connectivity index (χ2n) is 6.30. The second-order valence-corrected chi connectivity index (χ2v) is 6.30. The van der Waals surface area contributed by atoms with Gasteiger partial charge in [0.25, 0.3) is 0 Å². The molecule has 1 aromatic carbocycles. The van der Waals surface area contributed by atoms with Crippen molar-refractivity contribution in [3.8, 4) is 11.5 Å². The van der Waals surface area contributed by atoms with Gasteiger partial charge in [0.2, 0.25) is 0 Å². The van der Waals surface area contributed by atoms with Gasteiger partial charge in [0.1, 0.15) is 11.5 Å². The quantitative estimate of drug-likeness (QED) is 0.875. The summed E-state index contributed by atoms with van der Waals surface area (Å²) in [6, 6.07) is 2.02. The Morgan fingerprint density at radius 1 is 1.23 bits per heavy atom. The van der Waals surface area contributed by atoms with E-state index in [0.29, 0.717) is 19.0 Å². The van der Waals surface area contributed by atoms with Crippen LogP contribution in [0.4, 0.5) is 4.79 Å². The normalized spacial score (nSPS) is 15.0. The molecule has 120 valence electrons. The fraction of sp³-hybridized carbons (Fsp3) is 0.588. The van der Waals surface area contributed by atoms with Gasteiger partial charge in [-0.3, -0.25) is 0 Å². The average molecular weight is 304 g/mol. The molecule has 22 heavy (non-hydrogen) atoms. The monoisotopic (exact) mass is 304 g/mol. The van der Waals surface area contributed by atoms with E-state index in [-0.39, 0.29) is 6.03 Å². The number of carbonyl (C=O) groups is 1. The molecular weight excluding hydrogens is 280 g/mol. The molecule has 0 spiro atoms. The minimum absolute atomic E-state index is 0.102. The molecule has 0 aromatic heterocycles. The molecule has 5 nitrogen and oxygen atoms in total. The molecular formula is C17H24N2O3. The molecule has 3 rings (SSSR count). The van der Waals surface area contributed by atoms with E-state index in [1.54, 1.807) is 0 Å². The van der Waals surface area contributed by atoms with Crippen LogP contribution in [0.3, 0.4) is 0 Å². The highest BCUT2D eigenvalue weighted by Gasteiger charge is 2.26. The number of urea groups is 1. The van der Waals surface area contributed by atoms with Gasteiger partial charge in [0, 0.05) is 42.6 Å². The molecule has 0 saturated heterocycles. The number of hydrogen-bond donors (Lipinski definition) is 2. The van der Waals surface area contributed by atoms with Crippen LogP contribution in [-0.4, -0.2) is 32.3 Å². The standard InChI is InChI=1S/C17H24N2O3/c1-11(2)10-19-17(20)18-6-3-14-13-5-8-21-15(13)9-12-4-7-22-16(12)14/h9,11H,3-8,10H2,1-2H3,(H2,18,19,20). The Bertz CT molecular complexity index is 537. The maximum absolute atomic E-state index is 11.7. The highest BCUT2D eigenvalue weighted by molar-refractivity contribution is 5.73. The van der Waals surface area contributed by atoms with Crippen LogP contribution in [0.1, 0.15) is 30.5 Å². The summed E-state index contributed by atoms with van der Waals surface area (Å²) >= 11 is 0. The number of carbonyl (C=O) groups excluding carboxylic acids is 1. The molecule has 1 aromatic rings. The van der Waals surface area contributed by atoms with Gasteiger partial charge in [0.15, 0.2) is 0 Å². The van der Waals surface area contributed by atoms with Crippen molar-refractivity contribution >= 4 is 6.03 Å². The molecule has 0 aliphatic carbocycles. The fourth-order valence-electron chi connectivity index (χ4n) is 3.01. The van der Waals surface area contributed by atoms with Crippen molar-refractivity contribution in [3.05, 3.63) is 22.8 Å². The Morgan fingerprint density at radius 2 is 2.05 bits per heavy atom. The molecule has 0 saturated carbocycles. The number of rotatable bonds is 5. The number of hydrogen-bond acceptors (Lipinski definition) is 3. The third-order valence-electron chi connectivity index (χ3n) is 4.09.